The quantitative estimate of drug-likeness (QED) is 0.607. The van der Waals surface area contributed by atoms with Crippen LogP contribution in [0, 0.1) is 0 Å². The Balaban J connectivity index is 3.51. The second-order valence-corrected chi connectivity index (χ2v) is 3.65. The van der Waals surface area contributed by atoms with E-state index in [2.05, 4.69) is 38.3 Å². The van der Waals surface area contributed by atoms with Gasteiger partial charge in [0.15, 0.2) is 0 Å². The Morgan fingerprint density at radius 1 is 1.27 bits per heavy atom. The lowest BCUT2D eigenvalue weighted by atomic mass is 10.2. The first kappa shape index (κ1) is 11.3. The summed E-state index contributed by atoms with van der Waals surface area (Å²) in [5, 5.41) is 0. The Kier molecular flexibility index (Phi) is 7.18. The van der Waals surface area contributed by atoms with Crippen LogP contribution in [0.1, 0.15) is 33.6 Å². The monoisotopic (exact) mass is 175 g/mol. The highest BCUT2D eigenvalue weighted by Crippen LogP contribution is 2.01. The highest BCUT2D eigenvalue weighted by Gasteiger charge is 2.05. The van der Waals surface area contributed by atoms with Gasteiger partial charge in [-0.05, 0) is 45.5 Å². The van der Waals surface area contributed by atoms with Crippen molar-refractivity contribution in [2.45, 2.75) is 39.7 Å². The van der Waals surface area contributed by atoms with E-state index in [0.29, 0.717) is 6.04 Å². The van der Waals surface area contributed by atoms with E-state index in [1.54, 1.807) is 0 Å². The zero-order valence-electron chi connectivity index (χ0n) is 8.01. The predicted octanol–water partition coefficient (Wildman–Crippen LogP) is 2.43. The highest BCUT2D eigenvalue weighted by molar-refractivity contribution is 7.80. The third-order valence-corrected chi connectivity index (χ3v) is 2.16. The van der Waals surface area contributed by atoms with E-state index >= 15 is 0 Å². The molecular formula is C9H21NS. The fourth-order valence-corrected chi connectivity index (χ4v) is 1.33. The van der Waals surface area contributed by atoms with Gasteiger partial charge in [-0.25, -0.2) is 0 Å². The van der Waals surface area contributed by atoms with Crippen LogP contribution in [0.2, 0.25) is 0 Å². The van der Waals surface area contributed by atoms with Crippen LogP contribution in [0.25, 0.3) is 0 Å². The summed E-state index contributed by atoms with van der Waals surface area (Å²) in [4.78, 5) is 2.51. The van der Waals surface area contributed by atoms with Gasteiger partial charge in [-0.15, -0.1) is 0 Å². The maximum atomic E-state index is 4.21. The Hall–Kier alpha value is 0.310. The van der Waals surface area contributed by atoms with E-state index in [4.69, 9.17) is 0 Å². The van der Waals surface area contributed by atoms with E-state index in [0.717, 1.165) is 5.75 Å². The van der Waals surface area contributed by atoms with Crippen molar-refractivity contribution in [3.8, 4) is 0 Å². The lowest BCUT2D eigenvalue weighted by molar-refractivity contribution is 0.223. The number of nitrogens with zero attached hydrogens (tertiary/aromatic N) is 1. The number of hydrogen-bond acceptors (Lipinski definition) is 2. The average molecular weight is 175 g/mol. The zero-order chi connectivity index (χ0) is 8.69. The summed E-state index contributed by atoms with van der Waals surface area (Å²) in [6.45, 7) is 9.18. The van der Waals surface area contributed by atoms with Gasteiger partial charge in [0.05, 0.1) is 0 Å². The van der Waals surface area contributed by atoms with Gasteiger partial charge in [0, 0.05) is 6.04 Å². The van der Waals surface area contributed by atoms with Crippen molar-refractivity contribution in [3.63, 3.8) is 0 Å². The molecule has 0 aliphatic rings. The Morgan fingerprint density at radius 3 is 2.27 bits per heavy atom. The van der Waals surface area contributed by atoms with Gasteiger partial charge in [-0.2, -0.15) is 12.6 Å². The number of thiol groups is 1. The normalized spacial score (nSPS) is 11.5. The molecule has 0 bridgehead atoms. The molecule has 0 N–H and O–H groups in total. The molecule has 0 aromatic rings. The molecule has 0 unspecified atom stereocenters. The lowest BCUT2D eigenvalue weighted by Gasteiger charge is -2.25. The van der Waals surface area contributed by atoms with Gasteiger partial charge < -0.3 is 4.90 Å². The maximum absolute atomic E-state index is 4.21. The van der Waals surface area contributed by atoms with Crippen LogP contribution in [-0.4, -0.2) is 29.8 Å². The van der Waals surface area contributed by atoms with E-state index in [1.165, 1.54) is 25.9 Å². The van der Waals surface area contributed by atoms with Crippen LogP contribution in [0.4, 0.5) is 0 Å². The molecule has 0 spiro atoms. The average Bonchev–Trinajstić information content (AvgIpc) is 1.97. The first-order chi connectivity index (χ1) is 5.22. The molecule has 0 heterocycles. The molecule has 11 heavy (non-hydrogen) atoms. The van der Waals surface area contributed by atoms with Gasteiger partial charge in [-0.1, -0.05) is 6.92 Å². The first-order valence-corrected chi connectivity index (χ1v) is 5.20. The fraction of sp³-hybridized carbons (Fsp3) is 1.00. The van der Waals surface area contributed by atoms with Crippen LogP contribution >= 0.6 is 12.6 Å². The van der Waals surface area contributed by atoms with Gasteiger partial charge in [0.1, 0.15) is 0 Å². The van der Waals surface area contributed by atoms with Crippen LogP contribution in [0.15, 0.2) is 0 Å². The Bertz CT molecular complexity index is 83.6. The molecule has 0 aromatic heterocycles. The molecule has 0 saturated carbocycles. The van der Waals surface area contributed by atoms with Gasteiger partial charge in [0.2, 0.25) is 0 Å². The van der Waals surface area contributed by atoms with Crippen molar-refractivity contribution < 1.29 is 0 Å². The Morgan fingerprint density at radius 2 is 1.91 bits per heavy atom. The first-order valence-electron chi connectivity index (χ1n) is 4.57. The van der Waals surface area contributed by atoms with Crippen LogP contribution in [0.3, 0.4) is 0 Å². The van der Waals surface area contributed by atoms with Gasteiger partial charge >= 0.3 is 0 Å². The molecule has 0 atom stereocenters. The summed E-state index contributed by atoms with van der Waals surface area (Å²) in [7, 11) is 0. The molecule has 0 aliphatic heterocycles. The van der Waals surface area contributed by atoms with Crippen LogP contribution in [0.5, 0.6) is 0 Å². The zero-order valence-corrected chi connectivity index (χ0v) is 8.90. The Labute approximate surface area is 76.6 Å². The largest absolute Gasteiger partial charge is 0.301 e. The summed E-state index contributed by atoms with van der Waals surface area (Å²) < 4.78 is 0. The SMILES string of the molecule is CCCN(CCCS)C(C)C. The fourth-order valence-electron chi connectivity index (χ4n) is 1.19. The lowest BCUT2D eigenvalue weighted by Crippen LogP contribution is -2.32. The smallest absolute Gasteiger partial charge is 0.00385 e. The van der Waals surface area contributed by atoms with E-state index in [9.17, 15) is 0 Å². The molecule has 0 fully saturated rings. The number of rotatable bonds is 6. The molecule has 0 aromatic carbocycles. The van der Waals surface area contributed by atoms with E-state index in [-0.39, 0.29) is 0 Å². The second-order valence-electron chi connectivity index (χ2n) is 3.21. The molecular weight excluding hydrogens is 154 g/mol. The summed E-state index contributed by atoms with van der Waals surface area (Å²) >= 11 is 4.21. The minimum absolute atomic E-state index is 0.690. The van der Waals surface area contributed by atoms with E-state index < -0.39 is 0 Å². The molecule has 1 nitrogen and oxygen atoms in total. The van der Waals surface area contributed by atoms with Crippen molar-refractivity contribution in [1.82, 2.24) is 4.90 Å². The van der Waals surface area contributed by atoms with E-state index in [1.807, 2.05) is 0 Å². The summed E-state index contributed by atoms with van der Waals surface area (Å²) in [5.41, 5.74) is 0. The van der Waals surface area contributed by atoms with Crippen molar-refractivity contribution >= 4 is 12.6 Å². The summed E-state index contributed by atoms with van der Waals surface area (Å²) in [5.74, 6) is 1.01. The third-order valence-electron chi connectivity index (χ3n) is 1.84. The molecule has 0 rings (SSSR count). The summed E-state index contributed by atoms with van der Waals surface area (Å²) in [6.07, 6.45) is 2.46. The molecule has 0 amide bonds. The van der Waals surface area contributed by atoms with Crippen LogP contribution in [-0.2, 0) is 0 Å². The minimum Gasteiger partial charge on any atom is -0.301 e. The predicted molar refractivity (Wildman–Crippen MR) is 55.5 cm³/mol. The van der Waals surface area contributed by atoms with Gasteiger partial charge in [-0.3, -0.25) is 0 Å². The standard InChI is InChI=1S/C9H21NS/c1-4-6-10(9(2)3)7-5-8-11/h9,11H,4-8H2,1-3H3. The highest BCUT2D eigenvalue weighted by atomic mass is 32.1. The van der Waals surface area contributed by atoms with Crippen molar-refractivity contribution in [2.75, 3.05) is 18.8 Å². The maximum Gasteiger partial charge on any atom is 0.00385 e. The minimum atomic E-state index is 0.690. The molecule has 2 heteroatoms. The van der Waals surface area contributed by atoms with Gasteiger partial charge in [0.25, 0.3) is 0 Å². The van der Waals surface area contributed by atoms with Crippen molar-refractivity contribution in [3.05, 3.63) is 0 Å². The topological polar surface area (TPSA) is 3.24 Å². The third kappa shape index (κ3) is 5.57. The molecule has 0 saturated heterocycles. The van der Waals surface area contributed by atoms with Crippen LogP contribution < -0.4 is 0 Å². The van der Waals surface area contributed by atoms with Crippen molar-refractivity contribution in [1.29, 1.82) is 0 Å². The number of hydrogen-bond donors (Lipinski definition) is 1. The molecule has 0 aliphatic carbocycles. The summed E-state index contributed by atoms with van der Waals surface area (Å²) in [6, 6.07) is 0.690. The molecule has 68 valence electrons. The second kappa shape index (κ2) is 6.99. The molecule has 0 radical (unpaired) electrons. The van der Waals surface area contributed by atoms with Crippen molar-refractivity contribution in [2.24, 2.45) is 0 Å².